The Labute approximate surface area is 93.7 Å². The second-order valence-corrected chi connectivity index (χ2v) is 3.79. The van der Waals surface area contributed by atoms with Crippen LogP contribution in [0, 0.1) is 19.7 Å². The third kappa shape index (κ3) is 2.05. The van der Waals surface area contributed by atoms with Gasteiger partial charge in [0, 0.05) is 29.1 Å². The van der Waals surface area contributed by atoms with E-state index < -0.39 is 0 Å². The van der Waals surface area contributed by atoms with Gasteiger partial charge in [-0.2, -0.15) is 5.10 Å². The minimum Gasteiger partial charge on any atom is -0.381 e. The highest BCUT2D eigenvalue weighted by Crippen LogP contribution is 2.18. The van der Waals surface area contributed by atoms with Crippen molar-refractivity contribution in [3.05, 3.63) is 47.0 Å². The standard InChI is InChI=1S/C12H14FN3/c1-8-11(13)4-3-5-12(8)14-6-10-7-15-16-9(10)2/h3-5,7,14H,6H2,1-2H3,(H,15,16). The molecule has 3 nitrogen and oxygen atoms in total. The molecule has 16 heavy (non-hydrogen) atoms. The summed E-state index contributed by atoms with van der Waals surface area (Å²) >= 11 is 0. The van der Waals surface area contributed by atoms with Crippen molar-refractivity contribution in [1.82, 2.24) is 10.2 Å². The van der Waals surface area contributed by atoms with Gasteiger partial charge in [-0.25, -0.2) is 4.39 Å². The highest BCUT2D eigenvalue weighted by atomic mass is 19.1. The first-order valence-electron chi connectivity index (χ1n) is 5.16. The van der Waals surface area contributed by atoms with Crippen LogP contribution in [0.2, 0.25) is 0 Å². The second kappa shape index (κ2) is 4.35. The topological polar surface area (TPSA) is 40.7 Å². The molecular formula is C12H14FN3. The molecule has 2 aromatic rings. The first-order chi connectivity index (χ1) is 7.68. The van der Waals surface area contributed by atoms with Gasteiger partial charge >= 0.3 is 0 Å². The maximum Gasteiger partial charge on any atom is 0.128 e. The van der Waals surface area contributed by atoms with E-state index in [2.05, 4.69) is 15.5 Å². The summed E-state index contributed by atoms with van der Waals surface area (Å²) in [4.78, 5) is 0. The maximum absolute atomic E-state index is 13.3. The zero-order chi connectivity index (χ0) is 11.5. The number of anilines is 1. The van der Waals surface area contributed by atoms with E-state index in [1.54, 1.807) is 19.2 Å². The number of hydrogen-bond donors (Lipinski definition) is 2. The zero-order valence-electron chi connectivity index (χ0n) is 9.34. The van der Waals surface area contributed by atoms with Crippen LogP contribution in [0.5, 0.6) is 0 Å². The average Bonchev–Trinajstić information content (AvgIpc) is 2.67. The Morgan fingerprint density at radius 2 is 2.19 bits per heavy atom. The first kappa shape index (κ1) is 10.7. The van der Waals surface area contributed by atoms with Gasteiger partial charge < -0.3 is 5.32 Å². The predicted octanol–water partition coefficient (Wildman–Crippen LogP) is 2.78. The van der Waals surface area contributed by atoms with E-state index in [0.717, 1.165) is 16.9 Å². The fraction of sp³-hybridized carbons (Fsp3) is 0.250. The molecule has 4 heteroatoms. The normalized spacial score (nSPS) is 10.4. The molecule has 0 radical (unpaired) electrons. The fourth-order valence-electron chi connectivity index (χ4n) is 1.54. The molecule has 0 unspecified atom stereocenters. The first-order valence-corrected chi connectivity index (χ1v) is 5.16. The lowest BCUT2D eigenvalue weighted by atomic mass is 10.2. The van der Waals surface area contributed by atoms with Gasteiger partial charge in [0.15, 0.2) is 0 Å². The fourth-order valence-corrected chi connectivity index (χ4v) is 1.54. The van der Waals surface area contributed by atoms with Gasteiger partial charge in [-0.3, -0.25) is 5.10 Å². The lowest BCUT2D eigenvalue weighted by molar-refractivity contribution is 0.619. The van der Waals surface area contributed by atoms with E-state index in [4.69, 9.17) is 0 Å². The molecular weight excluding hydrogens is 205 g/mol. The van der Waals surface area contributed by atoms with Crippen LogP contribution in [-0.4, -0.2) is 10.2 Å². The van der Waals surface area contributed by atoms with E-state index in [9.17, 15) is 4.39 Å². The molecule has 0 bridgehead atoms. The van der Waals surface area contributed by atoms with E-state index in [0.29, 0.717) is 12.1 Å². The summed E-state index contributed by atoms with van der Waals surface area (Å²) in [7, 11) is 0. The Balaban J connectivity index is 2.11. The van der Waals surface area contributed by atoms with Crippen LogP contribution >= 0.6 is 0 Å². The Morgan fingerprint density at radius 3 is 2.88 bits per heavy atom. The van der Waals surface area contributed by atoms with Crippen LogP contribution in [-0.2, 0) is 6.54 Å². The zero-order valence-corrected chi connectivity index (χ0v) is 9.34. The van der Waals surface area contributed by atoms with Gasteiger partial charge in [0.05, 0.1) is 6.20 Å². The highest BCUT2D eigenvalue weighted by molar-refractivity contribution is 5.51. The van der Waals surface area contributed by atoms with Gasteiger partial charge in [0.1, 0.15) is 5.82 Å². The highest BCUT2D eigenvalue weighted by Gasteiger charge is 2.04. The monoisotopic (exact) mass is 219 g/mol. The summed E-state index contributed by atoms with van der Waals surface area (Å²) in [6, 6.07) is 5.03. The number of nitrogens with zero attached hydrogens (tertiary/aromatic N) is 1. The van der Waals surface area contributed by atoms with Crippen LogP contribution in [0.25, 0.3) is 0 Å². The number of aromatic nitrogens is 2. The summed E-state index contributed by atoms with van der Waals surface area (Å²) < 4.78 is 13.3. The lowest BCUT2D eigenvalue weighted by Crippen LogP contribution is -2.02. The molecule has 0 spiro atoms. The molecule has 1 aromatic carbocycles. The smallest absolute Gasteiger partial charge is 0.128 e. The second-order valence-electron chi connectivity index (χ2n) is 3.79. The number of hydrogen-bond acceptors (Lipinski definition) is 2. The summed E-state index contributed by atoms with van der Waals surface area (Å²) in [6.45, 7) is 4.37. The van der Waals surface area contributed by atoms with Gasteiger partial charge in [0.2, 0.25) is 0 Å². The quantitative estimate of drug-likeness (QED) is 0.833. The summed E-state index contributed by atoms with van der Waals surface area (Å²) in [5.41, 5.74) is 3.58. The minimum absolute atomic E-state index is 0.186. The van der Waals surface area contributed by atoms with Gasteiger partial charge in [0.25, 0.3) is 0 Å². The molecule has 0 fully saturated rings. The summed E-state index contributed by atoms with van der Waals surface area (Å²) in [5.74, 6) is -0.186. The van der Waals surface area contributed by atoms with Crippen molar-refractivity contribution >= 4 is 5.69 Å². The Bertz CT molecular complexity index is 491. The number of benzene rings is 1. The maximum atomic E-state index is 13.3. The summed E-state index contributed by atoms with van der Waals surface area (Å²) in [5, 5.41) is 10.00. The van der Waals surface area contributed by atoms with Crippen molar-refractivity contribution in [2.75, 3.05) is 5.32 Å². The van der Waals surface area contributed by atoms with E-state index in [1.807, 2.05) is 13.0 Å². The molecule has 0 aliphatic carbocycles. The van der Waals surface area contributed by atoms with Crippen LogP contribution in [0.15, 0.2) is 24.4 Å². The van der Waals surface area contributed by atoms with Crippen molar-refractivity contribution in [2.45, 2.75) is 20.4 Å². The number of H-pyrrole nitrogens is 1. The molecule has 0 atom stereocenters. The number of aryl methyl sites for hydroxylation is 1. The van der Waals surface area contributed by atoms with Gasteiger partial charge in [-0.1, -0.05) is 6.07 Å². The molecule has 0 saturated carbocycles. The minimum atomic E-state index is -0.186. The molecule has 0 aliphatic heterocycles. The van der Waals surface area contributed by atoms with E-state index in [1.165, 1.54) is 6.07 Å². The number of aromatic amines is 1. The number of nitrogens with one attached hydrogen (secondary N) is 2. The Hall–Kier alpha value is -1.84. The van der Waals surface area contributed by atoms with Crippen LogP contribution < -0.4 is 5.32 Å². The van der Waals surface area contributed by atoms with Crippen molar-refractivity contribution in [1.29, 1.82) is 0 Å². The third-order valence-corrected chi connectivity index (χ3v) is 2.67. The largest absolute Gasteiger partial charge is 0.381 e. The Kier molecular flexibility index (Phi) is 2.90. The molecule has 0 saturated heterocycles. The van der Waals surface area contributed by atoms with Crippen LogP contribution in [0.1, 0.15) is 16.8 Å². The van der Waals surface area contributed by atoms with Crippen molar-refractivity contribution in [3.8, 4) is 0 Å². The van der Waals surface area contributed by atoms with Crippen LogP contribution in [0.3, 0.4) is 0 Å². The van der Waals surface area contributed by atoms with E-state index >= 15 is 0 Å². The van der Waals surface area contributed by atoms with E-state index in [-0.39, 0.29) is 5.82 Å². The van der Waals surface area contributed by atoms with Crippen molar-refractivity contribution in [3.63, 3.8) is 0 Å². The van der Waals surface area contributed by atoms with Crippen molar-refractivity contribution < 1.29 is 4.39 Å². The molecule has 0 aliphatic rings. The molecule has 1 aromatic heterocycles. The number of halogens is 1. The molecule has 1 heterocycles. The lowest BCUT2D eigenvalue weighted by Gasteiger charge is -2.09. The summed E-state index contributed by atoms with van der Waals surface area (Å²) in [6.07, 6.45) is 1.77. The predicted molar refractivity (Wildman–Crippen MR) is 61.8 cm³/mol. The SMILES string of the molecule is Cc1[nH]ncc1CNc1cccc(F)c1C. The molecule has 2 rings (SSSR count). The Morgan fingerprint density at radius 1 is 1.38 bits per heavy atom. The molecule has 0 amide bonds. The van der Waals surface area contributed by atoms with Crippen molar-refractivity contribution in [2.24, 2.45) is 0 Å². The van der Waals surface area contributed by atoms with Gasteiger partial charge in [-0.05, 0) is 26.0 Å². The van der Waals surface area contributed by atoms with Gasteiger partial charge in [-0.15, -0.1) is 0 Å². The number of rotatable bonds is 3. The average molecular weight is 219 g/mol. The van der Waals surface area contributed by atoms with Crippen LogP contribution in [0.4, 0.5) is 10.1 Å². The molecule has 2 N–H and O–H groups in total. The molecule has 84 valence electrons. The third-order valence-electron chi connectivity index (χ3n) is 2.67.